The van der Waals surface area contributed by atoms with E-state index in [1.54, 1.807) is 0 Å². The van der Waals surface area contributed by atoms with Crippen molar-refractivity contribution in [2.75, 3.05) is 13.1 Å². The fourth-order valence-electron chi connectivity index (χ4n) is 2.61. The lowest BCUT2D eigenvalue weighted by Crippen LogP contribution is -2.47. The van der Waals surface area contributed by atoms with Crippen LogP contribution in [0.3, 0.4) is 0 Å². The van der Waals surface area contributed by atoms with Gasteiger partial charge in [-0.25, -0.2) is 0 Å². The zero-order chi connectivity index (χ0) is 8.39. The highest BCUT2D eigenvalue weighted by Gasteiger charge is 2.32. The molecule has 0 aliphatic carbocycles. The molecular weight excluding hydrogens is 148 g/mol. The van der Waals surface area contributed by atoms with Gasteiger partial charge >= 0.3 is 0 Å². The average Bonchev–Trinajstić information content (AvgIpc) is 2.17. The molecule has 66 valence electrons. The molecule has 2 atom stereocenters. The van der Waals surface area contributed by atoms with Gasteiger partial charge in [-0.15, -0.1) is 0 Å². The van der Waals surface area contributed by atoms with Crippen LogP contribution in [0.15, 0.2) is 0 Å². The summed E-state index contributed by atoms with van der Waals surface area (Å²) in [6, 6.07) is 3.07. The van der Waals surface area contributed by atoms with E-state index in [4.69, 9.17) is 5.26 Å². The van der Waals surface area contributed by atoms with Crippen molar-refractivity contribution in [2.45, 2.75) is 38.1 Å². The first kappa shape index (κ1) is 8.07. The SMILES string of the molecule is N#C[C@H]1CCCN2CCCC[C@@H]12. The maximum atomic E-state index is 8.95. The number of nitrogens with zero attached hydrogens (tertiary/aromatic N) is 2. The minimum atomic E-state index is 0.332. The molecule has 0 unspecified atom stereocenters. The van der Waals surface area contributed by atoms with Crippen LogP contribution in [0, 0.1) is 17.2 Å². The molecule has 0 amide bonds. The summed E-state index contributed by atoms with van der Waals surface area (Å²) in [6.07, 6.45) is 6.30. The van der Waals surface area contributed by atoms with E-state index >= 15 is 0 Å². The van der Waals surface area contributed by atoms with Crippen LogP contribution >= 0.6 is 0 Å². The Morgan fingerprint density at radius 1 is 1.08 bits per heavy atom. The summed E-state index contributed by atoms with van der Waals surface area (Å²) in [4.78, 5) is 2.53. The van der Waals surface area contributed by atoms with E-state index in [1.807, 2.05) is 0 Å². The van der Waals surface area contributed by atoms with Crippen molar-refractivity contribution < 1.29 is 0 Å². The lowest BCUT2D eigenvalue weighted by atomic mass is 9.84. The third-order valence-corrected chi connectivity index (χ3v) is 3.25. The van der Waals surface area contributed by atoms with E-state index in [9.17, 15) is 0 Å². The van der Waals surface area contributed by atoms with Crippen molar-refractivity contribution in [3.05, 3.63) is 0 Å². The molecule has 0 aromatic heterocycles. The largest absolute Gasteiger partial charge is 0.299 e. The topological polar surface area (TPSA) is 27.0 Å². The van der Waals surface area contributed by atoms with Crippen molar-refractivity contribution in [1.82, 2.24) is 4.90 Å². The quantitative estimate of drug-likeness (QED) is 0.545. The Balaban J connectivity index is 2.05. The molecule has 2 nitrogen and oxygen atoms in total. The van der Waals surface area contributed by atoms with Gasteiger partial charge in [0.1, 0.15) is 0 Å². The molecule has 0 bridgehead atoms. The monoisotopic (exact) mass is 164 g/mol. The predicted octanol–water partition coefficient (Wildman–Crippen LogP) is 1.77. The minimum Gasteiger partial charge on any atom is -0.299 e. The molecule has 2 saturated heterocycles. The van der Waals surface area contributed by atoms with Gasteiger partial charge in [-0.3, -0.25) is 4.90 Å². The lowest BCUT2D eigenvalue weighted by Gasteiger charge is -2.41. The molecule has 0 spiro atoms. The molecule has 0 N–H and O–H groups in total. The van der Waals surface area contributed by atoms with Crippen molar-refractivity contribution in [2.24, 2.45) is 5.92 Å². The summed E-state index contributed by atoms with van der Waals surface area (Å²) >= 11 is 0. The second kappa shape index (κ2) is 3.45. The third kappa shape index (κ3) is 1.34. The fraction of sp³-hybridized carbons (Fsp3) is 0.900. The maximum absolute atomic E-state index is 8.95. The lowest BCUT2D eigenvalue weighted by molar-refractivity contribution is 0.0811. The zero-order valence-corrected chi connectivity index (χ0v) is 7.50. The van der Waals surface area contributed by atoms with Gasteiger partial charge in [0.05, 0.1) is 12.0 Å². The number of hydrogen-bond acceptors (Lipinski definition) is 2. The molecule has 2 fully saturated rings. The number of fused-ring (bicyclic) bond motifs is 1. The van der Waals surface area contributed by atoms with Gasteiger partial charge in [0.25, 0.3) is 0 Å². The molecule has 0 saturated carbocycles. The van der Waals surface area contributed by atoms with Crippen LogP contribution in [0.2, 0.25) is 0 Å². The van der Waals surface area contributed by atoms with Crippen LogP contribution in [0.5, 0.6) is 0 Å². The standard InChI is InChI=1S/C10H16N2/c11-8-9-4-3-7-12-6-2-1-5-10(9)12/h9-10H,1-7H2/t9-,10+/m1/s1. The second-order valence-corrected chi connectivity index (χ2v) is 3.98. The Hall–Kier alpha value is -0.550. The predicted molar refractivity (Wildman–Crippen MR) is 47.5 cm³/mol. The highest BCUT2D eigenvalue weighted by molar-refractivity contribution is 4.97. The van der Waals surface area contributed by atoms with Crippen molar-refractivity contribution in [1.29, 1.82) is 5.26 Å². The summed E-state index contributed by atoms with van der Waals surface area (Å²) in [7, 11) is 0. The van der Waals surface area contributed by atoms with Gasteiger partial charge < -0.3 is 0 Å². The average molecular weight is 164 g/mol. The highest BCUT2D eigenvalue weighted by Crippen LogP contribution is 2.29. The number of nitriles is 1. The molecule has 0 aromatic carbocycles. The Labute approximate surface area is 74.2 Å². The number of piperidine rings is 2. The van der Waals surface area contributed by atoms with Crippen LogP contribution in [-0.2, 0) is 0 Å². The van der Waals surface area contributed by atoms with E-state index in [-0.39, 0.29) is 0 Å². The van der Waals surface area contributed by atoms with Crippen LogP contribution in [-0.4, -0.2) is 24.0 Å². The Kier molecular flexibility index (Phi) is 2.32. The summed E-state index contributed by atoms with van der Waals surface area (Å²) in [5, 5.41) is 8.95. The molecular formula is C10H16N2. The third-order valence-electron chi connectivity index (χ3n) is 3.25. The molecule has 2 heteroatoms. The van der Waals surface area contributed by atoms with Crippen LogP contribution in [0.4, 0.5) is 0 Å². The highest BCUT2D eigenvalue weighted by atomic mass is 15.2. The summed E-state index contributed by atoms with van der Waals surface area (Å²) in [5.74, 6) is 0.332. The molecule has 0 radical (unpaired) electrons. The van der Waals surface area contributed by atoms with Crippen LogP contribution in [0.25, 0.3) is 0 Å². The minimum absolute atomic E-state index is 0.332. The smallest absolute Gasteiger partial charge is 0.0672 e. The van der Waals surface area contributed by atoms with Crippen LogP contribution in [0.1, 0.15) is 32.1 Å². The number of rotatable bonds is 0. The van der Waals surface area contributed by atoms with E-state index in [0.717, 1.165) is 6.42 Å². The molecule has 2 aliphatic heterocycles. The van der Waals surface area contributed by atoms with Gasteiger partial charge in [0.15, 0.2) is 0 Å². The van der Waals surface area contributed by atoms with Crippen LogP contribution < -0.4 is 0 Å². The second-order valence-electron chi connectivity index (χ2n) is 3.98. The first-order valence-corrected chi connectivity index (χ1v) is 5.05. The fourth-order valence-corrected chi connectivity index (χ4v) is 2.61. The molecule has 0 aromatic rings. The van der Waals surface area contributed by atoms with E-state index < -0.39 is 0 Å². The Bertz CT molecular complexity index is 193. The molecule has 2 aliphatic rings. The Morgan fingerprint density at radius 2 is 1.92 bits per heavy atom. The molecule has 12 heavy (non-hydrogen) atoms. The Morgan fingerprint density at radius 3 is 2.75 bits per heavy atom. The molecule has 2 heterocycles. The summed E-state index contributed by atoms with van der Waals surface area (Å²) in [5.41, 5.74) is 0. The van der Waals surface area contributed by atoms with Gasteiger partial charge in [0, 0.05) is 6.04 Å². The van der Waals surface area contributed by atoms with Gasteiger partial charge in [-0.2, -0.15) is 5.26 Å². The summed E-state index contributed by atoms with van der Waals surface area (Å²) < 4.78 is 0. The van der Waals surface area contributed by atoms with Gasteiger partial charge in [-0.1, -0.05) is 6.42 Å². The number of hydrogen-bond donors (Lipinski definition) is 0. The van der Waals surface area contributed by atoms with Crippen molar-refractivity contribution in [3.63, 3.8) is 0 Å². The van der Waals surface area contributed by atoms with Gasteiger partial charge in [-0.05, 0) is 38.8 Å². The van der Waals surface area contributed by atoms with E-state index in [1.165, 1.54) is 38.8 Å². The van der Waals surface area contributed by atoms with E-state index in [2.05, 4.69) is 11.0 Å². The normalized spacial score (nSPS) is 36.9. The van der Waals surface area contributed by atoms with E-state index in [0.29, 0.717) is 12.0 Å². The maximum Gasteiger partial charge on any atom is 0.0672 e. The first-order chi connectivity index (χ1) is 5.92. The zero-order valence-electron chi connectivity index (χ0n) is 7.50. The van der Waals surface area contributed by atoms with Gasteiger partial charge in [0.2, 0.25) is 0 Å². The van der Waals surface area contributed by atoms with Crippen molar-refractivity contribution >= 4 is 0 Å². The molecule has 2 rings (SSSR count). The first-order valence-electron chi connectivity index (χ1n) is 5.05. The van der Waals surface area contributed by atoms with Crippen molar-refractivity contribution in [3.8, 4) is 6.07 Å². The summed E-state index contributed by atoms with van der Waals surface area (Å²) in [6.45, 7) is 2.48.